The molecule has 0 bridgehead atoms. The Morgan fingerprint density at radius 2 is 1.82 bits per heavy atom. The van der Waals surface area contributed by atoms with Crippen molar-refractivity contribution in [3.05, 3.63) is 35.9 Å². The lowest BCUT2D eigenvalue weighted by Gasteiger charge is -2.20. The van der Waals surface area contributed by atoms with E-state index in [0.717, 1.165) is 0 Å². The van der Waals surface area contributed by atoms with Crippen LogP contribution in [0, 0.1) is 0 Å². The van der Waals surface area contributed by atoms with Gasteiger partial charge in [0.2, 0.25) is 0 Å². The summed E-state index contributed by atoms with van der Waals surface area (Å²) in [7, 11) is 4.19. The van der Waals surface area contributed by atoms with E-state index in [0.29, 0.717) is 6.04 Å². The Hall–Kier alpha value is -0.755. The van der Waals surface area contributed by atoms with Crippen molar-refractivity contribution < 1.29 is 0 Å². The maximum atomic E-state index is 2.20. The molecule has 0 saturated heterocycles. The molecule has 0 amide bonds. The second-order valence-electron chi connectivity index (χ2n) is 3.05. The summed E-state index contributed by atoms with van der Waals surface area (Å²) in [4.78, 5) is 2.20. The minimum atomic E-state index is 0.510. The third kappa shape index (κ3) is 2.09. The monoisotopic (exact) mass is 147 g/mol. The molecule has 0 unspecified atom stereocenters. The molecule has 58 valence electrons. The van der Waals surface area contributed by atoms with Gasteiger partial charge in [-0.2, -0.15) is 0 Å². The first kappa shape index (κ1) is 8.34. The van der Waals surface area contributed by atoms with Crippen LogP contribution in [0.5, 0.6) is 0 Å². The largest absolute Gasteiger partial charge is 0.346 e. The quantitative estimate of drug-likeness (QED) is 0.568. The fraction of sp³-hybridized carbons (Fsp3) is 0.333. The van der Waals surface area contributed by atoms with Gasteiger partial charge in [-0.15, -0.1) is 0 Å². The van der Waals surface area contributed by atoms with E-state index in [1.807, 2.05) is 6.07 Å². The van der Waals surface area contributed by atoms with Crippen molar-refractivity contribution in [2.45, 2.75) is 13.0 Å². The highest BCUT2D eigenvalue weighted by atomic mass is 15.0. The maximum Gasteiger partial charge on any atom is 0.185 e. The summed E-state index contributed by atoms with van der Waals surface area (Å²) >= 11 is 0. The summed E-state index contributed by atoms with van der Waals surface area (Å²) < 4.78 is 0. The zero-order valence-electron chi connectivity index (χ0n) is 7.41. The average Bonchev–Trinajstić information content (AvgIpc) is 2.05. The van der Waals surface area contributed by atoms with Crippen molar-refractivity contribution in [3.8, 4) is 0 Å². The molecule has 0 fully saturated rings. The van der Waals surface area contributed by atoms with E-state index in [1.54, 1.807) is 0 Å². The standard InChI is InChI=1S/C9H14BN/c1-8(11(2)10)9-6-4-3-5-7-9/h3-8H,10H2,1-2H3/t8-/m1/s1. The fourth-order valence-corrected chi connectivity index (χ4v) is 1.03. The van der Waals surface area contributed by atoms with Gasteiger partial charge in [0.15, 0.2) is 7.98 Å². The van der Waals surface area contributed by atoms with Gasteiger partial charge >= 0.3 is 0 Å². The van der Waals surface area contributed by atoms with Crippen molar-refractivity contribution >= 4 is 7.98 Å². The summed E-state index contributed by atoms with van der Waals surface area (Å²) in [5.74, 6) is 0. The second-order valence-corrected chi connectivity index (χ2v) is 3.05. The van der Waals surface area contributed by atoms with Crippen LogP contribution in [0.4, 0.5) is 0 Å². The molecule has 1 atom stereocenters. The van der Waals surface area contributed by atoms with E-state index >= 15 is 0 Å². The van der Waals surface area contributed by atoms with Crippen molar-refractivity contribution in [3.63, 3.8) is 0 Å². The Morgan fingerprint density at radius 3 is 2.27 bits per heavy atom. The molecule has 1 rings (SSSR count). The number of rotatable bonds is 2. The minimum absolute atomic E-state index is 0.510. The third-order valence-electron chi connectivity index (χ3n) is 2.06. The lowest BCUT2D eigenvalue weighted by molar-refractivity contribution is 0.436. The third-order valence-corrected chi connectivity index (χ3v) is 2.06. The predicted molar refractivity (Wildman–Crippen MR) is 51.2 cm³/mol. The molecule has 1 nitrogen and oxygen atoms in total. The van der Waals surface area contributed by atoms with Crippen LogP contribution in [0.3, 0.4) is 0 Å². The predicted octanol–water partition coefficient (Wildman–Crippen LogP) is 1.23. The topological polar surface area (TPSA) is 3.24 Å². The van der Waals surface area contributed by atoms with Crippen LogP contribution in [-0.2, 0) is 0 Å². The van der Waals surface area contributed by atoms with Gasteiger partial charge in [0, 0.05) is 6.04 Å². The molecule has 0 aliphatic heterocycles. The van der Waals surface area contributed by atoms with Crippen molar-refractivity contribution in [1.82, 2.24) is 4.81 Å². The Kier molecular flexibility index (Phi) is 2.72. The van der Waals surface area contributed by atoms with Crippen molar-refractivity contribution in [2.24, 2.45) is 0 Å². The van der Waals surface area contributed by atoms with Crippen molar-refractivity contribution in [2.75, 3.05) is 7.05 Å². The van der Waals surface area contributed by atoms with E-state index in [1.165, 1.54) is 5.56 Å². The van der Waals surface area contributed by atoms with Gasteiger partial charge in [0.05, 0.1) is 0 Å². The van der Waals surface area contributed by atoms with Crippen LogP contribution in [0.2, 0.25) is 0 Å². The number of benzene rings is 1. The second kappa shape index (κ2) is 3.58. The van der Waals surface area contributed by atoms with E-state index in [2.05, 4.69) is 51.0 Å². The van der Waals surface area contributed by atoms with Gasteiger partial charge < -0.3 is 4.81 Å². The highest BCUT2D eigenvalue weighted by Crippen LogP contribution is 2.15. The molecule has 0 aromatic heterocycles. The zero-order valence-corrected chi connectivity index (χ0v) is 7.41. The first-order valence-electron chi connectivity index (χ1n) is 3.93. The molecular formula is C9H14BN. The first-order chi connectivity index (χ1) is 5.22. The lowest BCUT2D eigenvalue weighted by Crippen LogP contribution is -2.18. The Balaban J connectivity index is 2.77. The van der Waals surface area contributed by atoms with Gasteiger partial charge in [-0.05, 0) is 19.5 Å². The summed E-state index contributed by atoms with van der Waals surface area (Å²) in [5, 5.41) is 0. The van der Waals surface area contributed by atoms with Crippen LogP contribution >= 0.6 is 0 Å². The SMILES string of the molecule is BN(C)[C@H](C)c1ccccc1. The van der Waals surface area contributed by atoms with Crippen molar-refractivity contribution in [1.29, 1.82) is 0 Å². The van der Waals surface area contributed by atoms with Gasteiger partial charge in [-0.1, -0.05) is 30.3 Å². The molecule has 11 heavy (non-hydrogen) atoms. The number of nitrogens with zero attached hydrogens (tertiary/aromatic N) is 1. The van der Waals surface area contributed by atoms with Gasteiger partial charge in [-0.25, -0.2) is 0 Å². The molecule has 2 heteroatoms. The normalized spacial score (nSPS) is 13.4. The molecule has 0 N–H and O–H groups in total. The molecule has 1 aromatic carbocycles. The van der Waals surface area contributed by atoms with E-state index in [4.69, 9.17) is 0 Å². The van der Waals surface area contributed by atoms with E-state index in [-0.39, 0.29) is 0 Å². The first-order valence-corrected chi connectivity index (χ1v) is 3.93. The molecule has 0 aliphatic carbocycles. The molecule has 0 radical (unpaired) electrons. The summed E-state index contributed by atoms with van der Waals surface area (Å²) in [6.07, 6.45) is 0. The Labute approximate surface area is 69.5 Å². The average molecular weight is 147 g/mol. The highest BCUT2D eigenvalue weighted by molar-refractivity contribution is 6.04. The molecule has 0 saturated carbocycles. The smallest absolute Gasteiger partial charge is 0.185 e. The van der Waals surface area contributed by atoms with E-state index < -0.39 is 0 Å². The number of hydrogen-bond donors (Lipinski definition) is 0. The van der Waals surface area contributed by atoms with Gasteiger partial charge in [-0.3, -0.25) is 0 Å². The van der Waals surface area contributed by atoms with Crippen LogP contribution < -0.4 is 0 Å². The molecule has 1 aromatic rings. The summed E-state index contributed by atoms with van der Waals surface area (Å²) in [5.41, 5.74) is 1.37. The van der Waals surface area contributed by atoms with Gasteiger partial charge in [0.25, 0.3) is 0 Å². The van der Waals surface area contributed by atoms with Gasteiger partial charge in [0.1, 0.15) is 0 Å². The van der Waals surface area contributed by atoms with Crippen LogP contribution in [-0.4, -0.2) is 19.8 Å². The van der Waals surface area contributed by atoms with Crippen LogP contribution in [0.15, 0.2) is 30.3 Å². The van der Waals surface area contributed by atoms with E-state index in [9.17, 15) is 0 Å². The maximum absolute atomic E-state index is 2.20. The minimum Gasteiger partial charge on any atom is -0.346 e. The summed E-state index contributed by atoms with van der Waals surface area (Å²) in [6.45, 7) is 2.20. The van der Waals surface area contributed by atoms with Crippen LogP contribution in [0.1, 0.15) is 18.5 Å². The zero-order chi connectivity index (χ0) is 8.27. The molecule has 0 spiro atoms. The molecule has 0 aliphatic rings. The Morgan fingerprint density at radius 1 is 1.27 bits per heavy atom. The Bertz CT molecular complexity index is 208. The molecule has 0 heterocycles. The van der Waals surface area contributed by atoms with Crippen LogP contribution in [0.25, 0.3) is 0 Å². The number of hydrogen-bond acceptors (Lipinski definition) is 1. The summed E-state index contributed by atoms with van der Waals surface area (Å²) in [6, 6.07) is 11.0. The molecular weight excluding hydrogens is 133 g/mol. The fourth-order valence-electron chi connectivity index (χ4n) is 1.03. The lowest BCUT2D eigenvalue weighted by atomic mass is 10.1. The highest BCUT2D eigenvalue weighted by Gasteiger charge is 2.04.